The van der Waals surface area contributed by atoms with E-state index >= 15 is 0 Å². The van der Waals surface area contributed by atoms with Gasteiger partial charge in [0.1, 0.15) is 35.8 Å². The minimum absolute atomic E-state index is 0.0231. The van der Waals surface area contributed by atoms with Crippen molar-refractivity contribution in [3.05, 3.63) is 113 Å². The van der Waals surface area contributed by atoms with Crippen LogP contribution in [0.4, 0.5) is 4.39 Å². The molecule has 0 aliphatic heterocycles. The summed E-state index contributed by atoms with van der Waals surface area (Å²) < 4.78 is 32.0. The van der Waals surface area contributed by atoms with Crippen LogP contribution in [0, 0.1) is 5.82 Å². The van der Waals surface area contributed by atoms with Gasteiger partial charge in [-0.3, -0.25) is 4.79 Å². The van der Waals surface area contributed by atoms with Crippen LogP contribution in [0.2, 0.25) is 0 Å². The number of ether oxygens (including phenoxy) is 2. The summed E-state index contributed by atoms with van der Waals surface area (Å²) in [7, 11) is 0. The molecule has 0 N–H and O–H groups in total. The summed E-state index contributed by atoms with van der Waals surface area (Å²) in [6.07, 6.45) is 4.85. The smallest absolute Gasteiger partial charge is 0.235 e. The van der Waals surface area contributed by atoms with Gasteiger partial charge in [0.25, 0.3) is 0 Å². The maximum absolute atomic E-state index is 13.4. The van der Waals surface area contributed by atoms with Crippen LogP contribution in [0.5, 0.6) is 17.2 Å². The normalized spacial score (nSPS) is 10.9. The fourth-order valence-electron chi connectivity index (χ4n) is 3.23. The monoisotopic (exact) mass is 428 g/mol. The van der Waals surface area contributed by atoms with Crippen LogP contribution in [-0.2, 0) is 6.61 Å². The van der Waals surface area contributed by atoms with E-state index in [4.69, 9.17) is 13.9 Å². The van der Waals surface area contributed by atoms with E-state index in [1.54, 1.807) is 35.1 Å². The van der Waals surface area contributed by atoms with E-state index in [-0.39, 0.29) is 16.9 Å². The average molecular weight is 428 g/mol. The first-order valence-corrected chi connectivity index (χ1v) is 9.86. The Morgan fingerprint density at radius 1 is 0.969 bits per heavy atom. The Hall–Kier alpha value is -4.39. The second-order valence-electron chi connectivity index (χ2n) is 7.06. The number of nitrogens with zero attached hydrogens (tertiary/aromatic N) is 2. The molecule has 0 bridgehead atoms. The van der Waals surface area contributed by atoms with Crippen molar-refractivity contribution < 1.29 is 18.3 Å². The lowest BCUT2D eigenvalue weighted by Gasteiger charge is -2.08. The fraction of sp³-hybridized carbons (Fsp3) is 0.0400. The molecule has 6 nitrogen and oxygen atoms in total. The molecule has 0 atom stereocenters. The Labute approximate surface area is 182 Å². The zero-order valence-corrected chi connectivity index (χ0v) is 16.8. The molecule has 0 aliphatic carbocycles. The molecule has 0 aliphatic rings. The Morgan fingerprint density at radius 2 is 1.84 bits per heavy atom. The Bertz CT molecular complexity index is 1440. The van der Waals surface area contributed by atoms with Crippen molar-refractivity contribution >= 4 is 11.0 Å². The highest BCUT2D eigenvalue weighted by molar-refractivity contribution is 5.79. The molecule has 0 saturated carbocycles. The molecule has 0 unspecified atom stereocenters. The standard InChI is InChI=1S/C25H17FN2O4/c26-18-5-4-8-21(11-18)32-24-16-31-23-12-20(9-10-22(23)25(24)29)30-15-17-13-27-28(14-17)19-6-2-1-3-7-19/h1-14,16H,15H2. The van der Waals surface area contributed by atoms with Gasteiger partial charge in [0.05, 0.1) is 17.3 Å². The minimum atomic E-state index is -0.455. The van der Waals surface area contributed by atoms with Crippen molar-refractivity contribution in [2.75, 3.05) is 0 Å². The number of benzene rings is 3. The Morgan fingerprint density at radius 3 is 2.69 bits per heavy atom. The summed E-state index contributed by atoms with van der Waals surface area (Å²) in [5.41, 5.74) is 1.86. The fourth-order valence-corrected chi connectivity index (χ4v) is 3.23. The summed E-state index contributed by atoms with van der Waals surface area (Å²) in [6.45, 7) is 0.309. The third kappa shape index (κ3) is 4.09. The number of hydrogen-bond acceptors (Lipinski definition) is 5. The lowest BCUT2D eigenvalue weighted by Crippen LogP contribution is -2.05. The second-order valence-corrected chi connectivity index (χ2v) is 7.06. The van der Waals surface area contributed by atoms with Crippen LogP contribution in [0.3, 0.4) is 0 Å². The maximum Gasteiger partial charge on any atom is 0.235 e. The SMILES string of the molecule is O=c1c(Oc2cccc(F)c2)coc2cc(OCc3cnn(-c4ccccc4)c3)ccc12. The molecule has 0 saturated heterocycles. The summed E-state index contributed by atoms with van der Waals surface area (Å²) in [6, 6.07) is 20.3. The third-order valence-electron chi connectivity index (χ3n) is 4.80. The van der Waals surface area contributed by atoms with Crippen LogP contribution < -0.4 is 14.9 Å². The predicted molar refractivity (Wildman–Crippen MR) is 117 cm³/mol. The molecule has 7 heteroatoms. The average Bonchev–Trinajstić information content (AvgIpc) is 3.29. The molecular formula is C25H17FN2O4. The van der Waals surface area contributed by atoms with Crippen LogP contribution in [0.15, 0.2) is 101 Å². The highest BCUT2D eigenvalue weighted by atomic mass is 19.1. The van der Waals surface area contributed by atoms with Gasteiger partial charge in [-0.05, 0) is 36.4 Å². The van der Waals surface area contributed by atoms with Crippen molar-refractivity contribution in [2.45, 2.75) is 6.61 Å². The van der Waals surface area contributed by atoms with E-state index in [9.17, 15) is 9.18 Å². The largest absolute Gasteiger partial charge is 0.489 e. The number of fused-ring (bicyclic) bond motifs is 1. The molecule has 32 heavy (non-hydrogen) atoms. The van der Waals surface area contributed by atoms with E-state index in [2.05, 4.69) is 5.10 Å². The van der Waals surface area contributed by atoms with Gasteiger partial charge in [0.15, 0.2) is 0 Å². The zero-order chi connectivity index (χ0) is 21.9. The molecule has 0 amide bonds. The van der Waals surface area contributed by atoms with Crippen molar-refractivity contribution in [3.63, 3.8) is 0 Å². The van der Waals surface area contributed by atoms with Gasteiger partial charge in [-0.25, -0.2) is 9.07 Å². The first-order chi connectivity index (χ1) is 15.7. The van der Waals surface area contributed by atoms with Crippen molar-refractivity contribution in [3.8, 4) is 22.9 Å². The number of rotatable bonds is 6. The summed E-state index contributed by atoms with van der Waals surface area (Å²) in [5.74, 6) is 0.286. The first kappa shape index (κ1) is 19.6. The molecule has 2 aromatic heterocycles. The van der Waals surface area contributed by atoms with Gasteiger partial charge in [-0.1, -0.05) is 24.3 Å². The van der Waals surface area contributed by atoms with E-state index < -0.39 is 5.82 Å². The van der Waals surface area contributed by atoms with Crippen molar-refractivity contribution in [1.29, 1.82) is 0 Å². The highest BCUT2D eigenvalue weighted by Gasteiger charge is 2.11. The Kier molecular flexibility index (Phi) is 5.13. The topological polar surface area (TPSA) is 66.5 Å². The van der Waals surface area contributed by atoms with Crippen LogP contribution in [0.1, 0.15) is 5.56 Å². The summed E-state index contributed by atoms with van der Waals surface area (Å²) >= 11 is 0. The van der Waals surface area contributed by atoms with Gasteiger partial charge in [0, 0.05) is 23.9 Å². The molecule has 3 aromatic carbocycles. The zero-order valence-electron chi connectivity index (χ0n) is 16.8. The lowest BCUT2D eigenvalue weighted by atomic mass is 10.2. The lowest BCUT2D eigenvalue weighted by molar-refractivity contribution is 0.306. The van der Waals surface area contributed by atoms with Gasteiger partial charge >= 0.3 is 0 Å². The molecule has 0 radical (unpaired) electrons. The summed E-state index contributed by atoms with van der Waals surface area (Å²) in [4.78, 5) is 12.7. The molecule has 0 fully saturated rings. The third-order valence-corrected chi connectivity index (χ3v) is 4.80. The predicted octanol–water partition coefficient (Wildman–Crippen LogP) is 5.49. The van der Waals surface area contributed by atoms with Crippen molar-refractivity contribution in [2.24, 2.45) is 0 Å². The number of halogens is 1. The van der Waals surface area contributed by atoms with Gasteiger partial charge < -0.3 is 13.9 Å². The van der Waals surface area contributed by atoms with Crippen LogP contribution >= 0.6 is 0 Å². The number of para-hydroxylation sites is 1. The highest BCUT2D eigenvalue weighted by Crippen LogP contribution is 2.25. The summed E-state index contributed by atoms with van der Waals surface area (Å²) in [5, 5.41) is 4.69. The molecule has 158 valence electrons. The molecule has 2 heterocycles. The molecule has 5 rings (SSSR count). The minimum Gasteiger partial charge on any atom is -0.489 e. The molecule has 5 aromatic rings. The number of aromatic nitrogens is 2. The van der Waals surface area contributed by atoms with E-state index in [1.807, 2.05) is 36.5 Å². The van der Waals surface area contributed by atoms with Gasteiger partial charge in [-0.15, -0.1) is 0 Å². The van der Waals surface area contributed by atoms with Gasteiger partial charge in [0.2, 0.25) is 11.2 Å². The van der Waals surface area contributed by atoms with E-state index in [0.29, 0.717) is 23.3 Å². The molecule has 0 spiro atoms. The van der Waals surface area contributed by atoms with E-state index in [1.165, 1.54) is 24.5 Å². The van der Waals surface area contributed by atoms with Crippen LogP contribution in [-0.4, -0.2) is 9.78 Å². The second kappa shape index (κ2) is 8.39. The van der Waals surface area contributed by atoms with Gasteiger partial charge in [-0.2, -0.15) is 5.10 Å². The Balaban J connectivity index is 1.32. The quantitative estimate of drug-likeness (QED) is 0.358. The first-order valence-electron chi connectivity index (χ1n) is 9.86. The van der Waals surface area contributed by atoms with Crippen molar-refractivity contribution in [1.82, 2.24) is 9.78 Å². The van der Waals surface area contributed by atoms with Crippen LogP contribution in [0.25, 0.3) is 16.7 Å². The van der Waals surface area contributed by atoms with E-state index in [0.717, 1.165) is 11.3 Å². The molecular weight excluding hydrogens is 411 g/mol. The maximum atomic E-state index is 13.4. The number of hydrogen-bond donors (Lipinski definition) is 0.